The van der Waals surface area contributed by atoms with Crippen molar-refractivity contribution in [1.82, 2.24) is 5.32 Å². The highest BCUT2D eigenvalue weighted by atomic mass is 32.1. The first-order valence-electron chi connectivity index (χ1n) is 8.58. The topological polar surface area (TPSA) is 144 Å². The van der Waals surface area contributed by atoms with Crippen LogP contribution in [0.3, 0.4) is 0 Å². The lowest BCUT2D eigenvalue weighted by molar-refractivity contribution is -0.384. The van der Waals surface area contributed by atoms with E-state index in [1.165, 1.54) is 34.8 Å². The zero-order chi connectivity index (χ0) is 20.7. The number of fused-ring (bicyclic) bond motifs is 2. The highest BCUT2D eigenvalue weighted by molar-refractivity contribution is 7.21. The summed E-state index contributed by atoms with van der Waals surface area (Å²) in [7, 11) is 0. The van der Waals surface area contributed by atoms with Gasteiger partial charge in [-0.15, -0.1) is 22.7 Å². The quantitative estimate of drug-likeness (QED) is 0.429. The molecule has 0 fully saturated rings. The van der Waals surface area contributed by atoms with Gasteiger partial charge in [0, 0.05) is 27.1 Å². The molecule has 3 aromatic rings. The van der Waals surface area contributed by atoms with Gasteiger partial charge in [-0.1, -0.05) is 0 Å². The molecule has 0 atom stereocenters. The molecular weight excluding hydrogens is 416 g/mol. The largest absolute Gasteiger partial charge is 0.351 e. The Morgan fingerprint density at radius 3 is 2.62 bits per heavy atom. The van der Waals surface area contributed by atoms with Crippen LogP contribution in [0.25, 0.3) is 10.1 Å². The van der Waals surface area contributed by atoms with E-state index >= 15 is 0 Å². The van der Waals surface area contributed by atoms with E-state index in [2.05, 4.69) is 10.6 Å². The Morgan fingerprint density at radius 2 is 1.90 bits per heavy atom. The van der Waals surface area contributed by atoms with Crippen molar-refractivity contribution in [2.45, 2.75) is 19.3 Å². The second-order valence-corrected chi connectivity index (χ2v) is 8.61. The van der Waals surface area contributed by atoms with Crippen LogP contribution in [0.1, 0.15) is 36.9 Å². The maximum atomic E-state index is 12.8. The van der Waals surface area contributed by atoms with E-state index < -0.39 is 22.8 Å². The van der Waals surface area contributed by atoms with E-state index in [-0.39, 0.29) is 11.3 Å². The van der Waals surface area contributed by atoms with Gasteiger partial charge in [-0.25, -0.2) is 4.79 Å². The Morgan fingerprint density at radius 1 is 1.10 bits per heavy atom. The molecule has 9 nitrogen and oxygen atoms in total. The number of benzene rings is 1. The summed E-state index contributed by atoms with van der Waals surface area (Å²) in [5.74, 6) is -1.07. The van der Waals surface area contributed by atoms with Crippen molar-refractivity contribution in [2.75, 3.05) is 5.32 Å². The van der Waals surface area contributed by atoms with Crippen LogP contribution in [0.4, 0.5) is 15.5 Å². The number of nitro benzene ring substituents is 1. The summed E-state index contributed by atoms with van der Waals surface area (Å²) in [5, 5.41) is 16.7. The van der Waals surface area contributed by atoms with E-state index in [1.807, 2.05) is 0 Å². The number of anilines is 1. The number of thiophene rings is 2. The third kappa shape index (κ3) is 3.57. The second-order valence-electron chi connectivity index (χ2n) is 6.42. The van der Waals surface area contributed by atoms with Crippen molar-refractivity contribution in [3.8, 4) is 0 Å². The fourth-order valence-corrected chi connectivity index (χ4v) is 5.55. The van der Waals surface area contributed by atoms with Gasteiger partial charge < -0.3 is 11.1 Å². The number of urea groups is 1. The minimum Gasteiger partial charge on any atom is -0.351 e. The Bertz CT molecular complexity index is 1200. The number of nitrogens with one attached hydrogen (secondary N) is 2. The van der Waals surface area contributed by atoms with Crippen LogP contribution >= 0.6 is 22.7 Å². The number of aryl methyl sites for hydroxylation is 1. The van der Waals surface area contributed by atoms with Gasteiger partial charge >= 0.3 is 6.03 Å². The van der Waals surface area contributed by atoms with Crippen LogP contribution in [0.2, 0.25) is 0 Å². The van der Waals surface area contributed by atoms with Crippen LogP contribution in [0, 0.1) is 10.1 Å². The van der Waals surface area contributed by atoms with E-state index in [0.717, 1.165) is 28.0 Å². The molecule has 29 heavy (non-hydrogen) atoms. The molecule has 2 aromatic heterocycles. The lowest BCUT2D eigenvalue weighted by atomic mass is 10.1. The van der Waals surface area contributed by atoms with Gasteiger partial charge in [-0.05, 0) is 37.0 Å². The van der Waals surface area contributed by atoms with E-state index in [1.54, 1.807) is 12.1 Å². The van der Waals surface area contributed by atoms with Crippen LogP contribution in [0.15, 0.2) is 24.3 Å². The van der Waals surface area contributed by atoms with E-state index in [0.29, 0.717) is 21.7 Å². The maximum Gasteiger partial charge on any atom is 0.319 e. The van der Waals surface area contributed by atoms with Crippen molar-refractivity contribution in [3.63, 3.8) is 0 Å². The normalized spacial score (nSPS) is 12.6. The Hall–Kier alpha value is -3.31. The van der Waals surface area contributed by atoms with Crippen molar-refractivity contribution in [2.24, 2.45) is 5.73 Å². The average molecular weight is 430 g/mol. The summed E-state index contributed by atoms with van der Waals surface area (Å²) in [6.45, 7) is 0. The first-order valence-corrected chi connectivity index (χ1v) is 10.2. The monoisotopic (exact) mass is 430 g/mol. The molecule has 0 aliphatic heterocycles. The van der Waals surface area contributed by atoms with Gasteiger partial charge in [0.25, 0.3) is 17.5 Å². The molecule has 4 N–H and O–H groups in total. The van der Waals surface area contributed by atoms with Gasteiger partial charge in [0.05, 0.1) is 15.4 Å². The number of carbonyl (C=O) groups is 3. The SMILES string of the molecule is NC(=O)NC(=O)c1c(NC(=O)c2cc3cc([N+](=O)[O-])ccc3s2)sc2c1CCC2. The molecule has 4 amide bonds. The Balaban J connectivity index is 1.65. The van der Waals surface area contributed by atoms with Gasteiger partial charge in [-0.3, -0.25) is 25.0 Å². The molecule has 11 heteroatoms. The van der Waals surface area contributed by atoms with Crippen molar-refractivity contribution >= 4 is 61.3 Å². The molecule has 4 rings (SSSR count). The fraction of sp³-hybridized carbons (Fsp3) is 0.167. The summed E-state index contributed by atoms with van der Waals surface area (Å²) >= 11 is 2.51. The maximum absolute atomic E-state index is 12.8. The number of hydrogen-bond donors (Lipinski definition) is 3. The summed E-state index contributed by atoms with van der Waals surface area (Å²) in [6, 6.07) is 5.01. The van der Waals surface area contributed by atoms with Gasteiger partial charge in [-0.2, -0.15) is 0 Å². The molecule has 0 saturated heterocycles. The zero-order valence-electron chi connectivity index (χ0n) is 14.8. The lowest BCUT2D eigenvalue weighted by Crippen LogP contribution is -2.35. The molecule has 2 heterocycles. The molecule has 1 aliphatic carbocycles. The number of nitro groups is 1. The third-order valence-corrected chi connectivity index (χ3v) is 6.87. The predicted molar refractivity (Wildman–Crippen MR) is 110 cm³/mol. The molecule has 0 bridgehead atoms. The fourth-order valence-electron chi connectivity index (χ4n) is 3.33. The minimum atomic E-state index is -0.962. The Labute approximate surface area is 171 Å². The summed E-state index contributed by atoms with van der Waals surface area (Å²) in [6.07, 6.45) is 2.40. The lowest BCUT2D eigenvalue weighted by Gasteiger charge is -2.07. The smallest absolute Gasteiger partial charge is 0.319 e. The first kappa shape index (κ1) is 19.0. The average Bonchev–Trinajstić information content (AvgIpc) is 3.33. The number of imide groups is 1. The van der Waals surface area contributed by atoms with Gasteiger partial charge in [0.2, 0.25) is 0 Å². The first-order chi connectivity index (χ1) is 13.8. The number of nitrogens with zero attached hydrogens (tertiary/aromatic N) is 1. The van der Waals surface area contributed by atoms with Crippen molar-refractivity contribution < 1.29 is 19.3 Å². The van der Waals surface area contributed by atoms with Crippen molar-refractivity contribution in [3.05, 3.63) is 55.3 Å². The van der Waals surface area contributed by atoms with Crippen LogP contribution in [-0.2, 0) is 12.8 Å². The number of carbonyl (C=O) groups excluding carboxylic acids is 3. The molecular formula is C18H14N4O5S2. The highest BCUT2D eigenvalue weighted by Gasteiger charge is 2.28. The minimum absolute atomic E-state index is 0.0534. The van der Waals surface area contributed by atoms with Crippen molar-refractivity contribution in [1.29, 1.82) is 0 Å². The zero-order valence-corrected chi connectivity index (χ0v) is 16.4. The summed E-state index contributed by atoms with van der Waals surface area (Å²) < 4.78 is 0.737. The van der Waals surface area contributed by atoms with Gasteiger partial charge in [0.15, 0.2) is 0 Å². The molecule has 1 aromatic carbocycles. The van der Waals surface area contributed by atoms with Gasteiger partial charge in [0.1, 0.15) is 5.00 Å². The van der Waals surface area contributed by atoms with Crippen LogP contribution in [0.5, 0.6) is 0 Å². The number of rotatable bonds is 4. The number of non-ortho nitro benzene ring substituents is 1. The number of hydrogen-bond acceptors (Lipinski definition) is 7. The molecule has 0 saturated carbocycles. The molecule has 0 unspecified atom stereocenters. The second kappa shape index (κ2) is 7.26. The van der Waals surface area contributed by atoms with Crippen LogP contribution in [-0.4, -0.2) is 22.8 Å². The Kier molecular flexibility index (Phi) is 4.76. The third-order valence-electron chi connectivity index (χ3n) is 4.55. The van der Waals surface area contributed by atoms with E-state index in [4.69, 9.17) is 5.73 Å². The highest BCUT2D eigenvalue weighted by Crippen LogP contribution is 2.39. The standard InChI is InChI=1S/C18H14N4O5S2/c19-18(25)21-16(24)14-10-2-1-3-12(10)29-17(14)20-15(23)13-7-8-6-9(22(26)27)4-5-11(8)28-13/h4-7H,1-3H2,(H,20,23)(H3,19,21,24,25). The van der Waals surface area contributed by atoms with Crippen LogP contribution < -0.4 is 16.4 Å². The molecule has 0 spiro atoms. The van der Waals surface area contributed by atoms with E-state index in [9.17, 15) is 24.5 Å². The molecule has 1 aliphatic rings. The summed E-state index contributed by atoms with van der Waals surface area (Å²) in [5.41, 5.74) is 6.11. The molecule has 148 valence electrons. The number of primary amides is 1. The summed E-state index contributed by atoms with van der Waals surface area (Å²) in [4.78, 5) is 48.1. The predicted octanol–water partition coefficient (Wildman–Crippen LogP) is 3.42. The molecule has 0 radical (unpaired) electrons. The number of amides is 4. The number of nitrogens with two attached hydrogens (primary N) is 1.